The van der Waals surface area contributed by atoms with Crippen molar-refractivity contribution in [2.75, 3.05) is 5.32 Å². The molecule has 1 amide bonds. The van der Waals surface area contributed by atoms with Crippen molar-refractivity contribution in [3.8, 4) is 0 Å². The van der Waals surface area contributed by atoms with Crippen molar-refractivity contribution in [1.82, 2.24) is 0 Å². The molecule has 0 radical (unpaired) electrons. The van der Waals surface area contributed by atoms with Gasteiger partial charge in [0.1, 0.15) is 0 Å². The molecule has 2 N–H and O–H groups in total. The molecule has 0 spiro atoms. The van der Waals surface area contributed by atoms with Crippen molar-refractivity contribution < 1.29 is 14.7 Å². The average molecular weight is 325 g/mol. The molecule has 4 heteroatoms. The third-order valence-corrected chi connectivity index (χ3v) is 4.35. The van der Waals surface area contributed by atoms with E-state index in [1.165, 1.54) is 0 Å². The molecule has 2 aromatic carbocycles. The van der Waals surface area contributed by atoms with Gasteiger partial charge in [-0.25, -0.2) is 0 Å². The normalized spacial score (nSPS) is 14.4. The van der Waals surface area contributed by atoms with Crippen LogP contribution in [0.25, 0.3) is 0 Å². The van der Waals surface area contributed by atoms with E-state index in [0.717, 1.165) is 5.56 Å². The second-order valence-corrected chi connectivity index (χ2v) is 6.14. The maximum absolute atomic E-state index is 12.4. The Morgan fingerprint density at radius 3 is 2.04 bits per heavy atom. The molecule has 0 aliphatic carbocycles. The number of anilines is 1. The Kier molecular flexibility index (Phi) is 6.13. The fourth-order valence-electron chi connectivity index (χ4n) is 2.78. The van der Waals surface area contributed by atoms with Gasteiger partial charge in [0.25, 0.3) is 0 Å². The number of hydrogen-bond donors (Lipinski definition) is 2. The topological polar surface area (TPSA) is 66.4 Å². The molecule has 0 aliphatic rings. The third-order valence-electron chi connectivity index (χ3n) is 4.35. The molecule has 4 nitrogen and oxygen atoms in total. The summed E-state index contributed by atoms with van der Waals surface area (Å²) in [6.45, 7) is 3.67. The Morgan fingerprint density at radius 2 is 1.50 bits per heavy atom. The summed E-state index contributed by atoms with van der Waals surface area (Å²) in [7, 11) is 0. The summed E-state index contributed by atoms with van der Waals surface area (Å²) in [6.07, 6.45) is 0.419. The fourth-order valence-corrected chi connectivity index (χ4v) is 2.78. The molecule has 0 bridgehead atoms. The van der Waals surface area contributed by atoms with Crippen molar-refractivity contribution >= 4 is 17.6 Å². The standard InChI is InChI=1S/C20H23NO3/c1-14(16-9-5-3-6-10-16)13-18(20(23)24)15(2)19(22)21-17-11-7-4-8-12-17/h3-12,14-15,18H,13H2,1-2H3,(H,21,22)(H,23,24). The summed E-state index contributed by atoms with van der Waals surface area (Å²) >= 11 is 0. The van der Waals surface area contributed by atoms with Gasteiger partial charge in [-0.15, -0.1) is 0 Å². The molecule has 2 aromatic rings. The maximum atomic E-state index is 12.4. The second-order valence-electron chi connectivity index (χ2n) is 6.14. The lowest BCUT2D eigenvalue weighted by molar-refractivity contribution is -0.146. The van der Waals surface area contributed by atoms with Crippen LogP contribution in [0.15, 0.2) is 60.7 Å². The summed E-state index contributed by atoms with van der Waals surface area (Å²) in [5.41, 5.74) is 1.76. The van der Waals surface area contributed by atoms with Crippen molar-refractivity contribution in [1.29, 1.82) is 0 Å². The number of rotatable bonds is 7. The van der Waals surface area contributed by atoms with E-state index in [1.807, 2.05) is 55.5 Å². The monoisotopic (exact) mass is 325 g/mol. The molecule has 3 unspecified atom stereocenters. The van der Waals surface area contributed by atoms with Gasteiger partial charge in [-0.3, -0.25) is 9.59 Å². The first kappa shape index (κ1) is 17.7. The van der Waals surface area contributed by atoms with E-state index in [-0.39, 0.29) is 11.8 Å². The van der Waals surface area contributed by atoms with Gasteiger partial charge in [-0.1, -0.05) is 62.4 Å². The molecule has 0 aliphatic heterocycles. The Balaban J connectivity index is 2.06. The van der Waals surface area contributed by atoms with Gasteiger partial charge >= 0.3 is 5.97 Å². The number of aliphatic carboxylic acids is 1. The largest absolute Gasteiger partial charge is 0.481 e. The van der Waals surface area contributed by atoms with E-state index in [9.17, 15) is 14.7 Å². The molecule has 24 heavy (non-hydrogen) atoms. The van der Waals surface area contributed by atoms with Crippen LogP contribution in [0.4, 0.5) is 5.69 Å². The molecule has 2 rings (SSSR count). The molecule has 0 heterocycles. The molecular weight excluding hydrogens is 302 g/mol. The predicted molar refractivity (Wildman–Crippen MR) is 94.8 cm³/mol. The first-order chi connectivity index (χ1) is 11.5. The van der Waals surface area contributed by atoms with Crippen molar-refractivity contribution in [3.05, 3.63) is 66.2 Å². The van der Waals surface area contributed by atoms with Gasteiger partial charge in [0.05, 0.1) is 5.92 Å². The highest BCUT2D eigenvalue weighted by atomic mass is 16.4. The van der Waals surface area contributed by atoms with E-state index in [0.29, 0.717) is 12.1 Å². The van der Waals surface area contributed by atoms with Crippen LogP contribution in [-0.2, 0) is 9.59 Å². The second kappa shape index (κ2) is 8.29. The molecule has 0 saturated heterocycles. The van der Waals surface area contributed by atoms with E-state index in [2.05, 4.69) is 5.32 Å². The van der Waals surface area contributed by atoms with Crippen LogP contribution >= 0.6 is 0 Å². The number of carbonyl (C=O) groups excluding carboxylic acids is 1. The van der Waals surface area contributed by atoms with Crippen molar-refractivity contribution in [2.45, 2.75) is 26.2 Å². The molecule has 3 atom stereocenters. The van der Waals surface area contributed by atoms with E-state index < -0.39 is 17.8 Å². The quantitative estimate of drug-likeness (QED) is 0.803. The summed E-state index contributed by atoms with van der Waals surface area (Å²) in [5.74, 6) is -2.49. The summed E-state index contributed by atoms with van der Waals surface area (Å²) in [6, 6.07) is 18.9. The van der Waals surface area contributed by atoms with Gasteiger partial charge in [-0.05, 0) is 30.0 Å². The van der Waals surface area contributed by atoms with Gasteiger partial charge in [0.2, 0.25) is 5.91 Å². The highest BCUT2D eigenvalue weighted by Crippen LogP contribution is 2.28. The molecule has 0 aromatic heterocycles. The fraction of sp³-hybridized carbons (Fsp3) is 0.300. The molecule has 0 saturated carbocycles. The predicted octanol–water partition coefficient (Wildman–Crippen LogP) is 4.16. The number of nitrogens with one attached hydrogen (secondary N) is 1. The maximum Gasteiger partial charge on any atom is 0.307 e. The van der Waals surface area contributed by atoms with Gasteiger partial charge in [-0.2, -0.15) is 0 Å². The highest BCUT2D eigenvalue weighted by molar-refractivity contribution is 5.94. The number of benzene rings is 2. The first-order valence-electron chi connectivity index (χ1n) is 8.12. The SMILES string of the molecule is CC(CC(C(=O)O)C(C)C(=O)Nc1ccccc1)c1ccccc1. The Labute approximate surface area is 142 Å². The van der Waals surface area contributed by atoms with Crippen molar-refractivity contribution in [2.24, 2.45) is 11.8 Å². The van der Waals surface area contributed by atoms with E-state index in [4.69, 9.17) is 0 Å². The minimum absolute atomic E-state index is 0.0688. The van der Waals surface area contributed by atoms with Crippen LogP contribution in [0.5, 0.6) is 0 Å². The van der Waals surface area contributed by atoms with Crippen LogP contribution in [0.3, 0.4) is 0 Å². The smallest absolute Gasteiger partial charge is 0.307 e. The number of amides is 1. The molecular formula is C20H23NO3. The Bertz CT molecular complexity index is 670. The molecule has 0 fully saturated rings. The van der Waals surface area contributed by atoms with Crippen LogP contribution in [0, 0.1) is 11.8 Å². The average Bonchev–Trinajstić information content (AvgIpc) is 2.60. The first-order valence-corrected chi connectivity index (χ1v) is 8.12. The lowest BCUT2D eigenvalue weighted by atomic mass is 9.83. The Morgan fingerprint density at radius 1 is 0.958 bits per heavy atom. The number of carbonyl (C=O) groups is 2. The summed E-state index contributed by atoms with van der Waals surface area (Å²) in [4.78, 5) is 24.1. The van der Waals surface area contributed by atoms with Crippen LogP contribution < -0.4 is 5.32 Å². The number of para-hydroxylation sites is 1. The third kappa shape index (κ3) is 4.69. The van der Waals surface area contributed by atoms with Crippen LogP contribution in [0.1, 0.15) is 31.7 Å². The number of carboxylic acids is 1. The molecule has 126 valence electrons. The zero-order valence-electron chi connectivity index (χ0n) is 14.0. The number of carboxylic acid groups (broad SMARTS) is 1. The van der Waals surface area contributed by atoms with Gasteiger partial charge in [0, 0.05) is 11.6 Å². The van der Waals surface area contributed by atoms with Gasteiger partial charge < -0.3 is 10.4 Å². The van der Waals surface area contributed by atoms with Crippen molar-refractivity contribution in [3.63, 3.8) is 0 Å². The summed E-state index contributed by atoms with van der Waals surface area (Å²) < 4.78 is 0. The Hall–Kier alpha value is -2.62. The summed E-state index contributed by atoms with van der Waals surface area (Å²) in [5, 5.41) is 12.4. The zero-order valence-corrected chi connectivity index (χ0v) is 14.0. The van der Waals surface area contributed by atoms with E-state index >= 15 is 0 Å². The lowest BCUT2D eigenvalue weighted by Crippen LogP contribution is -2.32. The zero-order chi connectivity index (χ0) is 17.5. The minimum Gasteiger partial charge on any atom is -0.481 e. The van der Waals surface area contributed by atoms with Crippen LogP contribution in [-0.4, -0.2) is 17.0 Å². The highest BCUT2D eigenvalue weighted by Gasteiger charge is 2.31. The minimum atomic E-state index is -0.937. The van der Waals surface area contributed by atoms with Crippen LogP contribution in [0.2, 0.25) is 0 Å². The number of hydrogen-bond acceptors (Lipinski definition) is 2. The van der Waals surface area contributed by atoms with E-state index in [1.54, 1.807) is 19.1 Å². The van der Waals surface area contributed by atoms with Gasteiger partial charge in [0.15, 0.2) is 0 Å². The lowest BCUT2D eigenvalue weighted by Gasteiger charge is -2.23.